The summed E-state index contributed by atoms with van der Waals surface area (Å²) in [5.74, 6) is 0. The van der Waals surface area contributed by atoms with E-state index in [4.69, 9.17) is 11.6 Å². The number of hydrogen-bond donors (Lipinski definition) is 0. The monoisotopic (exact) mass is 330 g/mol. The molecular formula is C13H15ClN2O2S2. The lowest BCUT2D eigenvalue weighted by Gasteiger charge is -2.19. The first-order valence-corrected chi connectivity index (χ1v) is 8.74. The summed E-state index contributed by atoms with van der Waals surface area (Å²) in [5, 5.41) is 0. The molecule has 0 saturated heterocycles. The van der Waals surface area contributed by atoms with E-state index in [0.29, 0.717) is 13.1 Å². The molecule has 108 valence electrons. The molecule has 0 aliphatic heterocycles. The fourth-order valence-electron chi connectivity index (χ4n) is 1.87. The first kappa shape index (κ1) is 15.4. The molecule has 0 fully saturated rings. The molecule has 1 aromatic heterocycles. The van der Waals surface area contributed by atoms with Gasteiger partial charge in [-0.3, -0.25) is 0 Å². The van der Waals surface area contributed by atoms with Gasteiger partial charge in [-0.1, -0.05) is 59.7 Å². The quantitative estimate of drug-likeness (QED) is 0.845. The largest absolute Gasteiger partial charge is 0.254 e. The van der Waals surface area contributed by atoms with Crippen molar-refractivity contribution in [3.8, 4) is 0 Å². The van der Waals surface area contributed by atoms with Crippen LogP contribution in [0.15, 0.2) is 34.7 Å². The highest BCUT2D eigenvalue weighted by atomic mass is 35.5. The van der Waals surface area contributed by atoms with Crippen molar-refractivity contribution < 1.29 is 8.42 Å². The van der Waals surface area contributed by atoms with Gasteiger partial charge >= 0.3 is 0 Å². The van der Waals surface area contributed by atoms with Gasteiger partial charge in [0.05, 0.1) is 6.20 Å². The fraction of sp³-hybridized carbons (Fsp3) is 0.308. The van der Waals surface area contributed by atoms with Crippen molar-refractivity contribution in [1.29, 1.82) is 0 Å². The van der Waals surface area contributed by atoms with E-state index in [1.54, 1.807) is 0 Å². The predicted octanol–water partition coefficient (Wildman–Crippen LogP) is 3.32. The van der Waals surface area contributed by atoms with E-state index >= 15 is 0 Å². The lowest BCUT2D eigenvalue weighted by atomic mass is 10.1. The van der Waals surface area contributed by atoms with E-state index in [9.17, 15) is 8.42 Å². The average molecular weight is 331 g/mol. The van der Waals surface area contributed by atoms with Gasteiger partial charge in [0, 0.05) is 13.1 Å². The van der Waals surface area contributed by atoms with Gasteiger partial charge in [-0.2, -0.15) is 4.31 Å². The third-order valence-corrected chi connectivity index (χ3v) is 6.32. The van der Waals surface area contributed by atoms with Crippen LogP contribution >= 0.6 is 22.9 Å². The molecule has 0 amide bonds. The first-order chi connectivity index (χ1) is 9.43. The molecule has 0 spiro atoms. The maximum atomic E-state index is 12.5. The summed E-state index contributed by atoms with van der Waals surface area (Å²) in [6, 6.07) is 7.81. The zero-order chi connectivity index (χ0) is 14.8. The van der Waals surface area contributed by atoms with Crippen molar-refractivity contribution in [3.05, 3.63) is 46.1 Å². The topological polar surface area (TPSA) is 50.3 Å². The Kier molecular flexibility index (Phi) is 4.80. The Hall–Kier alpha value is -0.950. The maximum Gasteiger partial charge on any atom is 0.254 e. The van der Waals surface area contributed by atoms with Gasteiger partial charge in [-0.05, 0) is 12.5 Å². The SMILES string of the molecule is CCN(Cc1cccc(C)c1)S(=O)(=O)c1cnc(Cl)s1. The van der Waals surface area contributed by atoms with Crippen molar-refractivity contribution in [1.82, 2.24) is 9.29 Å². The van der Waals surface area contributed by atoms with Crippen LogP contribution in [0.1, 0.15) is 18.1 Å². The van der Waals surface area contributed by atoms with Crippen LogP contribution in [0.3, 0.4) is 0 Å². The van der Waals surface area contributed by atoms with Gasteiger partial charge in [0.2, 0.25) is 0 Å². The Morgan fingerprint density at radius 2 is 2.15 bits per heavy atom. The molecule has 20 heavy (non-hydrogen) atoms. The zero-order valence-electron chi connectivity index (χ0n) is 11.2. The summed E-state index contributed by atoms with van der Waals surface area (Å²) in [7, 11) is -3.54. The van der Waals surface area contributed by atoms with Gasteiger partial charge < -0.3 is 0 Å². The Balaban J connectivity index is 2.28. The molecule has 0 aliphatic rings. The van der Waals surface area contributed by atoms with E-state index in [1.807, 2.05) is 38.1 Å². The highest BCUT2D eigenvalue weighted by Crippen LogP contribution is 2.26. The average Bonchev–Trinajstić information content (AvgIpc) is 2.83. The standard InChI is InChI=1S/C13H15ClN2O2S2/c1-3-16(9-11-6-4-5-10(2)7-11)20(17,18)12-8-15-13(14)19-12/h4-8H,3,9H2,1-2H3. The number of aryl methyl sites for hydroxylation is 1. The normalized spacial score (nSPS) is 12.0. The Bertz CT molecular complexity index is 698. The molecule has 4 nitrogen and oxygen atoms in total. The minimum atomic E-state index is -3.54. The molecule has 0 N–H and O–H groups in total. The second kappa shape index (κ2) is 6.22. The van der Waals surface area contributed by atoms with Crippen LogP contribution in [0.2, 0.25) is 4.47 Å². The van der Waals surface area contributed by atoms with Crippen LogP contribution in [0, 0.1) is 6.92 Å². The van der Waals surface area contributed by atoms with Crippen LogP contribution in [0.5, 0.6) is 0 Å². The van der Waals surface area contributed by atoms with E-state index in [0.717, 1.165) is 22.5 Å². The predicted molar refractivity (Wildman–Crippen MR) is 81.6 cm³/mol. The smallest absolute Gasteiger partial charge is 0.232 e. The highest BCUT2D eigenvalue weighted by molar-refractivity contribution is 7.91. The first-order valence-electron chi connectivity index (χ1n) is 6.10. The lowest BCUT2D eigenvalue weighted by Crippen LogP contribution is -2.29. The van der Waals surface area contributed by atoms with E-state index in [-0.39, 0.29) is 8.68 Å². The van der Waals surface area contributed by atoms with Crippen molar-refractivity contribution in [3.63, 3.8) is 0 Å². The molecule has 0 atom stereocenters. The zero-order valence-corrected chi connectivity index (χ0v) is 13.6. The van der Waals surface area contributed by atoms with Crippen molar-refractivity contribution in [2.24, 2.45) is 0 Å². The Morgan fingerprint density at radius 1 is 1.40 bits per heavy atom. The van der Waals surface area contributed by atoms with Gasteiger partial charge in [0.1, 0.15) is 0 Å². The van der Waals surface area contributed by atoms with Gasteiger partial charge in [-0.25, -0.2) is 13.4 Å². The minimum Gasteiger partial charge on any atom is -0.232 e. The Labute approximate surface area is 128 Å². The molecule has 2 aromatic rings. The fourth-order valence-corrected chi connectivity index (χ4v) is 4.75. The number of sulfonamides is 1. The van der Waals surface area contributed by atoms with Crippen molar-refractivity contribution in [2.75, 3.05) is 6.54 Å². The van der Waals surface area contributed by atoms with Crippen molar-refractivity contribution in [2.45, 2.75) is 24.6 Å². The van der Waals surface area contributed by atoms with Crippen LogP contribution in [-0.2, 0) is 16.6 Å². The molecule has 0 bridgehead atoms. The number of rotatable bonds is 5. The third kappa shape index (κ3) is 3.38. The molecule has 2 rings (SSSR count). The summed E-state index contributed by atoms with van der Waals surface area (Å²) < 4.78 is 26.8. The Morgan fingerprint density at radius 3 is 2.70 bits per heavy atom. The minimum absolute atomic E-state index is 0.178. The molecular weight excluding hydrogens is 316 g/mol. The number of benzene rings is 1. The number of nitrogens with zero attached hydrogens (tertiary/aromatic N) is 2. The molecule has 0 saturated carbocycles. The number of aromatic nitrogens is 1. The summed E-state index contributed by atoms with van der Waals surface area (Å²) in [4.78, 5) is 3.80. The summed E-state index contributed by atoms with van der Waals surface area (Å²) in [5.41, 5.74) is 2.07. The van der Waals surface area contributed by atoms with E-state index in [2.05, 4.69) is 4.98 Å². The summed E-state index contributed by atoms with van der Waals surface area (Å²) in [6.07, 6.45) is 1.31. The lowest BCUT2D eigenvalue weighted by molar-refractivity contribution is 0.424. The number of hydrogen-bond acceptors (Lipinski definition) is 4. The van der Waals surface area contributed by atoms with Crippen LogP contribution in [0.4, 0.5) is 0 Å². The second-order valence-electron chi connectivity index (χ2n) is 4.35. The molecule has 0 radical (unpaired) electrons. The molecule has 0 unspecified atom stereocenters. The second-order valence-corrected chi connectivity index (χ2v) is 8.13. The van der Waals surface area contributed by atoms with Gasteiger partial charge in [0.25, 0.3) is 10.0 Å². The third-order valence-electron chi connectivity index (χ3n) is 2.84. The molecule has 7 heteroatoms. The summed E-state index contributed by atoms with van der Waals surface area (Å²) in [6.45, 7) is 4.54. The number of thiazole rings is 1. The summed E-state index contributed by atoms with van der Waals surface area (Å²) >= 11 is 6.70. The van der Waals surface area contributed by atoms with Crippen LogP contribution in [0.25, 0.3) is 0 Å². The molecule has 1 aromatic carbocycles. The number of halogens is 1. The van der Waals surface area contributed by atoms with Crippen LogP contribution < -0.4 is 0 Å². The van der Waals surface area contributed by atoms with Crippen molar-refractivity contribution >= 4 is 33.0 Å². The van der Waals surface area contributed by atoms with E-state index < -0.39 is 10.0 Å². The van der Waals surface area contributed by atoms with Crippen LogP contribution in [-0.4, -0.2) is 24.3 Å². The molecule has 0 aliphatic carbocycles. The van der Waals surface area contributed by atoms with Gasteiger partial charge in [0.15, 0.2) is 8.68 Å². The highest BCUT2D eigenvalue weighted by Gasteiger charge is 2.25. The van der Waals surface area contributed by atoms with E-state index in [1.165, 1.54) is 10.5 Å². The maximum absolute atomic E-state index is 12.5. The van der Waals surface area contributed by atoms with Gasteiger partial charge in [-0.15, -0.1) is 0 Å². The molecule has 1 heterocycles.